The third kappa shape index (κ3) is 5.15. The number of furan rings is 1. The van der Waals surface area contributed by atoms with Gasteiger partial charge in [-0.3, -0.25) is 14.5 Å². The van der Waals surface area contributed by atoms with Gasteiger partial charge >= 0.3 is 0 Å². The molecule has 2 aromatic rings. The van der Waals surface area contributed by atoms with E-state index >= 15 is 0 Å². The van der Waals surface area contributed by atoms with E-state index in [2.05, 4.69) is 15.5 Å². The summed E-state index contributed by atoms with van der Waals surface area (Å²) in [6.45, 7) is 5.07. The average Bonchev–Trinajstić information content (AvgIpc) is 3.31. The lowest BCUT2D eigenvalue weighted by Crippen LogP contribution is -2.38. The monoisotopic (exact) mass is 363 g/mol. The van der Waals surface area contributed by atoms with Gasteiger partial charge in [0.1, 0.15) is 0 Å². The van der Waals surface area contributed by atoms with Crippen LogP contribution < -0.4 is 10.6 Å². The van der Waals surface area contributed by atoms with Gasteiger partial charge in [-0.1, -0.05) is 0 Å². The molecular weight excluding hydrogens is 342 g/mol. The molecule has 1 saturated heterocycles. The van der Waals surface area contributed by atoms with Gasteiger partial charge in [0.05, 0.1) is 29.4 Å². The highest BCUT2D eigenvalue weighted by Gasteiger charge is 2.14. The second-order valence-corrected chi connectivity index (χ2v) is 6.74. The van der Waals surface area contributed by atoms with E-state index in [1.54, 1.807) is 24.3 Å². The van der Waals surface area contributed by atoms with E-state index in [9.17, 15) is 9.59 Å². The van der Waals surface area contributed by atoms with E-state index in [0.717, 1.165) is 39.3 Å². The van der Waals surface area contributed by atoms with Gasteiger partial charge in [-0.2, -0.15) is 0 Å². The number of nitrogens with zero attached hydrogens (tertiary/aromatic N) is 1. The molecule has 0 spiro atoms. The number of rotatable bonds is 7. The Hall–Kier alpha value is -2.16. The SMILES string of the molecule is O=C(Nc1ccc(C(=O)NCCCN2CCOCC2)s1)c1ccco1. The minimum Gasteiger partial charge on any atom is -0.459 e. The Morgan fingerprint density at radius 2 is 2.00 bits per heavy atom. The molecule has 1 aliphatic rings. The molecule has 8 heteroatoms. The summed E-state index contributed by atoms with van der Waals surface area (Å²) in [7, 11) is 0. The first-order valence-corrected chi connectivity index (χ1v) is 9.07. The Labute approximate surface area is 149 Å². The molecular formula is C17H21N3O4S. The molecule has 0 aromatic carbocycles. The van der Waals surface area contributed by atoms with Crippen LogP contribution in [0, 0.1) is 0 Å². The third-order valence-electron chi connectivity index (χ3n) is 3.85. The minimum absolute atomic E-state index is 0.120. The van der Waals surface area contributed by atoms with Crippen molar-refractivity contribution in [2.45, 2.75) is 6.42 Å². The van der Waals surface area contributed by atoms with E-state index < -0.39 is 0 Å². The fraction of sp³-hybridized carbons (Fsp3) is 0.412. The number of carbonyl (C=O) groups excluding carboxylic acids is 2. The van der Waals surface area contributed by atoms with E-state index in [1.807, 2.05) is 0 Å². The van der Waals surface area contributed by atoms with Crippen LogP contribution in [0.2, 0.25) is 0 Å². The van der Waals surface area contributed by atoms with E-state index in [-0.39, 0.29) is 17.6 Å². The minimum atomic E-state index is -0.329. The number of amides is 2. The van der Waals surface area contributed by atoms with E-state index in [4.69, 9.17) is 9.15 Å². The summed E-state index contributed by atoms with van der Waals surface area (Å²) in [6, 6.07) is 6.66. The van der Waals surface area contributed by atoms with Gasteiger partial charge in [-0.25, -0.2) is 0 Å². The summed E-state index contributed by atoms with van der Waals surface area (Å²) >= 11 is 1.24. The second kappa shape index (κ2) is 8.80. The molecule has 3 heterocycles. The quantitative estimate of drug-likeness (QED) is 0.736. The Morgan fingerprint density at radius 3 is 2.76 bits per heavy atom. The van der Waals surface area contributed by atoms with Crippen LogP contribution in [-0.4, -0.2) is 56.1 Å². The van der Waals surface area contributed by atoms with Gasteiger partial charge in [0.25, 0.3) is 11.8 Å². The summed E-state index contributed by atoms with van der Waals surface area (Å²) in [6.07, 6.45) is 2.35. The molecule has 2 aromatic heterocycles. The van der Waals surface area contributed by atoms with Crippen LogP contribution in [0.15, 0.2) is 34.9 Å². The van der Waals surface area contributed by atoms with Crippen LogP contribution in [0.3, 0.4) is 0 Å². The molecule has 0 bridgehead atoms. The molecule has 0 unspecified atom stereocenters. The molecule has 0 atom stereocenters. The van der Waals surface area contributed by atoms with Gasteiger partial charge < -0.3 is 19.8 Å². The first kappa shape index (κ1) is 17.7. The van der Waals surface area contributed by atoms with Crippen LogP contribution in [0.5, 0.6) is 0 Å². The van der Waals surface area contributed by atoms with Gasteiger partial charge in [0.2, 0.25) is 0 Å². The lowest BCUT2D eigenvalue weighted by Gasteiger charge is -2.26. The molecule has 1 aliphatic heterocycles. The summed E-state index contributed by atoms with van der Waals surface area (Å²) in [5, 5.41) is 6.24. The summed E-state index contributed by atoms with van der Waals surface area (Å²) in [4.78, 5) is 27.0. The van der Waals surface area contributed by atoms with Crippen LogP contribution in [0.4, 0.5) is 5.00 Å². The molecule has 0 radical (unpaired) electrons. The zero-order valence-corrected chi connectivity index (χ0v) is 14.6. The predicted molar refractivity (Wildman–Crippen MR) is 95.2 cm³/mol. The normalized spacial score (nSPS) is 15.0. The number of thiophene rings is 1. The molecule has 25 heavy (non-hydrogen) atoms. The van der Waals surface area contributed by atoms with Crippen LogP contribution >= 0.6 is 11.3 Å². The van der Waals surface area contributed by atoms with Crippen LogP contribution in [0.25, 0.3) is 0 Å². The molecule has 2 N–H and O–H groups in total. The van der Waals surface area contributed by atoms with Crippen LogP contribution in [0.1, 0.15) is 26.6 Å². The highest BCUT2D eigenvalue weighted by atomic mass is 32.1. The number of anilines is 1. The van der Waals surface area contributed by atoms with Crippen molar-refractivity contribution in [1.29, 1.82) is 0 Å². The number of hydrogen-bond acceptors (Lipinski definition) is 6. The first-order valence-electron chi connectivity index (χ1n) is 8.25. The van der Waals surface area contributed by atoms with Gasteiger partial charge in [-0.05, 0) is 37.2 Å². The predicted octanol–water partition coefficient (Wildman–Crippen LogP) is 2.05. The third-order valence-corrected chi connectivity index (χ3v) is 4.85. The maximum atomic E-state index is 12.2. The fourth-order valence-electron chi connectivity index (χ4n) is 2.52. The van der Waals surface area contributed by atoms with Crippen molar-refractivity contribution in [2.75, 3.05) is 44.7 Å². The smallest absolute Gasteiger partial charge is 0.291 e. The number of hydrogen-bond donors (Lipinski definition) is 2. The maximum absolute atomic E-state index is 12.2. The summed E-state index contributed by atoms with van der Waals surface area (Å²) in [5.74, 6) is -0.211. The standard InChI is InChI=1S/C17H21N3O4S/c21-16(13-3-1-10-24-13)19-15-5-4-14(25-15)17(22)18-6-2-7-20-8-11-23-12-9-20/h1,3-5,10H,2,6-9,11-12H2,(H,18,22)(H,19,21). The molecule has 2 amide bonds. The first-order chi connectivity index (χ1) is 12.2. The summed E-state index contributed by atoms with van der Waals surface area (Å²) < 4.78 is 10.3. The maximum Gasteiger partial charge on any atom is 0.291 e. The molecule has 7 nitrogen and oxygen atoms in total. The zero-order chi connectivity index (χ0) is 17.5. The average molecular weight is 363 g/mol. The molecule has 0 aliphatic carbocycles. The van der Waals surface area contributed by atoms with Crippen molar-refractivity contribution >= 4 is 28.2 Å². The number of nitrogens with one attached hydrogen (secondary N) is 2. The number of morpholine rings is 1. The Balaban J connectivity index is 1.40. The topological polar surface area (TPSA) is 83.8 Å². The Morgan fingerprint density at radius 1 is 1.16 bits per heavy atom. The van der Waals surface area contributed by atoms with Crippen molar-refractivity contribution in [3.63, 3.8) is 0 Å². The molecule has 0 saturated carbocycles. The van der Waals surface area contributed by atoms with Crippen molar-refractivity contribution in [3.8, 4) is 0 Å². The van der Waals surface area contributed by atoms with Crippen molar-refractivity contribution in [3.05, 3.63) is 41.2 Å². The largest absolute Gasteiger partial charge is 0.459 e. The van der Waals surface area contributed by atoms with Gasteiger partial charge in [0.15, 0.2) is 5.76 Å². The number of ether oxygens (including phenoxy) is 1. The molecule has 134 valence electrons. The Kier molecular flexibility index (Phi) is 6.21. The second-order valence-electron chi connectivity index (χ2n) is 5.66. The highest BCUT2D eigenvalue weighted by molar-refractivity contribution is 7.18. The van der Waals surface area contributed by atoms with Crippen molar-refractivity contribution in [1.82, 2.24) is 10.2 Å². The van der Waals surface area contributed by atoms with Crippen LogP contribution in [-0.2, 0) is 4.74 Å². The lowest BCUT2D eigenvalue weighted by molar-refractivity contribution is 0.0374. The fourth-order valence-corrected chi connectivity index (χ4v) is 3.34. The zero-order valence-electron chi connectivity index (χ0n) is 13.8. The van der Waals surface area contributed by atoms with E-state index in [0.29, 0.717) is 16.4 Å². The van der Waals surface area contributed by atoms with Gasteiger partial charge in [-0.15, -0.1) is 11.3 Å². The number of carbonyl (C=O) groups is 2. The van der Waals surface area contributed by atoms with E-state index in [1.165, 1.54) is 17.6 Å². The molecule has 1 fully saturated rings. The van der Waals surface area contributed by atoms with Crippen molar-refractivity contribution in [2.24, 2.45) is 0 Å². The van der Waals surface area contributed by atoms with Gasteiger partial charge in [0, 0.05) is 19.6 Å². The van der Waals surface area contributed by atoms with Crippen molar-refractivity contribution < 1.29 is 18.7 Å². The highest BCUT2D eigenvalue weighted by Crippen LogP contribution is 2.22. The summed E-state index contributed by atoms with van der Waals surface area (Å²) in [5.41, 5.74) is 0. The molecule has 3 rings (SSSR count). The Bertz CT molecular complexity index is 693. The lowest BCUT2D eigenvalue weighted by atomic mass is 10.3.